The third kappa shape index (κ3) is 3.82. The van der Waals surface area contributed by atoms with Crippen molar-refractivity contribution in [1.82, 2.24) is 14.5 Å². The predicted molar refractivity (Wildman–Crippen MR) is 114 cm³/mol. The molecule has 4 rings (SSSR count). The quantitative estimate of drug-likeness (QED) is 0.562. The molecule has 0 radical (unpaired) electrons. The number of hydrogen-bond acceptors (Lipinski definition) is 4. The van der Waals surface area contributed by atoms with Gasteiger partial charge >= 0.3 is 6.18 Å². The van der Waals surface area contributed by atoms with Crippen LogP contribution in [0.25, 0.3) is 10.9 Å². The summed E-state index contributed by atoms with van der Waals surface area (Å²) in [6, 6.07) is 4.96. The molecule has 1 N–H and O–H groups in total. The topological polar surface area (TPSA) is 59.8 Å². The normalized spacial score (nSPS) is 16.2. The summed E-state index contributed by atoms with van der Waals surface area (Å²) in [6.45, 7) is 8.98. The van der Waals surface area contributed by atoms with Crippen molar-refractivity contribution in [3.8, 4) is 0 Å². The maximum absolute atomic E-state index is 13.4. The van der Waals surface area contributed by atoms with Gasteiger partial charge in [0.2, 0.25) is 0 Å². The van der Waals surface area contributed by atoms with Crippen LogP contribution in [0.1, 0.15) is 48.3 Å². The fourth-order valence-electron chi connectivity index (χ4n) is 3.88. The highest BCUT2D eigenvalue weighted by atomic mass is 19.4. The van der Waals surface area contributed by atoms with E-state index in [-0.39, 0.29) is 16.7 Å². The van der Waals surface area contributed by atoms with Gasteiger partial charge in [-0.15, -0.1) is 6.58 Å². The van der Waals surface area contributed by atoms with Crippen molar-refractivity contribution >= 4 is 16.7 Å². The molecule has 0 aliphatic heterocycles. The number of rotatable bonds is 5. The van der Waals surface area contributed by atoms with Gasteiger partial charge in [-0.3, -0.25) is 4.79 Å². The van der Waals surface area contributed by atoms with Crippen LogP contribution in [-0.4, -0.2) is 14.5 Å². The second-order valence-corrected chi connectivity index (χ2v) is 8.27. The van der Waals surface area contributed by atoms with Gasteiger partial charge in [-0.05, 0) is 50.8 Å². The standard InChI is InChI=1S/C23H23F3N4O/c1-5-18(15-7-6-8-17(13(15)2)23(24,25)26)29-21-16-12-30(22(4)9-10-22)20(31)11-19(16)27-14(3)28-21/h5-8,11-12,18H,1,9-10H2,2-4H3,(H,27,28,29)/t18-/m1/s1. The van der Waals surface area contributed by atoms with Crippen LogP contribution >= 0.6 is 0 Å². The third-order valence-corrected chi connectivity index (χ3v) is 5.94. The maximum Gasteiger partial charge on any atom is 0.416 e. The molecule has 1 saturated carbocycles. The third-order valence-electron chi connectivity index (χ3n) is 5.94. The van der Waals surface area contributed by atoms with E-state index in [1.54, 1.807) is 29.8 Å². The molecule has 0 amide bonds. The van der Waals surface area contributed by atoms with Crippen molar-refractivity contribution in [2.24, 2.45) is 0 Å². The van der Waals surface area contributed by atoms with Crippen LogP contribution in [0.15, 0.2) is 47.9 Å². The first kappa shape index (κ1) is 21.1. The Morgan fingerprint density at radius 2 is 1.97 bits per heavy atom. The zero-order valence-electron chi connectivity index (χ0n) is 17.5. The van der Waals surface area contributed by atoms with Crippen molar-refractivity contribution in [1.29, 1.82) is 0 Å². The van der Waals surface area contributed by atoms with Gasteiger partial charge < -0.3 is 9.88 Å². The number of anilines is 1. The van der Waals surface area contributed by atoms with Crippen LogP contribution in [0.3, 0.4) is 0 Å². The van der Waals surface area contributed by atoms with Crippen molar-refractivity contribution in [2.75, 3.05) is 5.32 Å². The Morgan fingerprint density at radius 3 is 2.58 bits per heavy atom. The lowest BCUT2D eigenvalue weighted by Crippen LogP contribution is -2.27. The van der Waals surface area contributed by atoms with Gasteiger partial charge in [0.1, 0.15) is 11.6 Å². The molecule has 3 aromatic rings. The predicted octanol–water partition coefficient (Wildman–Crippen LogP) is 5.28. The lowest BCUT2D eigenvalue weighted by atomic mass is 9.96. The molecule has 8 heteroatoms. The first-order valence-corrected chi connectivity index (χ1v) is 10.0. The van der Waals surface area contributed by atoms with Crippen LogP contribution in [0, 0.1) is 13.8 Å². The second-order valence-electron chi connectivity index (χ2n) is 8.27. The summed E-state index contributed by atoms with van der Waals surface area (Å²) in [5, 5.41) is 3.85. The number of aryl methyl sites for hydroxylation is 1. The molecule has 2 heterocycles. The second kappa shape index (κ2) is 7.21. The minimum Gasteiger partial charge on any atom is -0.359 e. The van der Waals surface area contributed by atoms with E-state index in [1.165, 1.54) is 19.1 Å². The molecule has 0 spiro atoms. The molecule has 1 atom stereocenters. The SMILES string of the molecule is C=C[C@@H](Nc1nc(C)nc2cc(=O)n(C3(C)CC3)cc12)c1cccc(C(F)(F)F)c1C. The summed E-state index contributed by atoms with van der Waals surface area (Å²) < 4.78 is 41.8. The molecule has 1 fully saturated rings. The van der Waals surface area contributed by atoms with E-state index in [0.717, 1.165) is 18.9 Å². The van der Waals surface area contributed by atoms with Gasteiger partial charge in [-0.2, -0.15) is 13.2 Å². The molecule has 5 nitrogen and oxygen atoms in total. The van der Waals surface area contributed by atoms with E-state index in [9.17, 15) is 18.0 Å². The molecular formula is C23H23F3N4O. The molecule has 1 aromatic carbocycles. The molecule has 0 saturated heterocycles. The van der Waals surface area contributed by atoms with Crippen LogP contribution in [0.2, 0.25) is 0 Å². The summed E-state index contributed by atoms with van der Waals surface area (Å²) in [5.74, 6) is 0.899. The molecule has 0 bridgehead atoms. The summed E-state index contributed by atoms with van der Waals surface area (Å²) in [5.41, 5.74) is 0.0391. The minimum atomic E-state index is -4.44. The Hall–Kier alpha value is -3.16. The number of benzene rings is 1. The van der Waals surface area contributed by atoms with Crippen molar-refractivity contribution in [3.05, 3.63) is 76.0 Å². The van der Waals surface area contributed by atoms with E-state index in [2.05, 4.69) is 21.9 Å². The summed E-state index contributed by atoms with van der Waals surface area (Å²) in [7, 11) is 0. The van der Waals surface area contributed by atoms with Gasteiger partial charge in [-0.1, -0.05) is 18.2 Å². The van der Waals surface area contributed by atoms with E-state index in [1.807, 2.05) is 6.92 Å². The van der Waals surface area contributed by atoms with E-state index < -0.39 is 17.8 Å². The van der Waals surface area contributed by atoms with Crippen LogP contribution in [0.5, 0.6) is 0 Å². The highest BCUT2D eigenvalue weighted by molar-refractivity contribution is 5.88. The lowest BCUT2D eigenvalue weighted by Gasteiger charge is -2.22. The molecule has 0 unspecified atom stereocenters. The largest absolute Gasteiger partial charge is 0.416 e. The first-order valence-electron chi connectivity index (χ1n) is 10.0. The number of nitrogens with zero attached hydrogens (tertiary/aromatic N) is 3. The lowest BCUT2D eigenvalue weighted by molar-refractivity contribution is -0.138. The molecular weight excluding hydrogens is 405 g/mol. The van der Waals surface area contributed by atoms with E-state index in [4.69, 9.17) is 0 Å². The van der Waals surface area contributed by atoms with Crippen LogP contribution in [-0.2, 0) is 11.7 Å². The van der Waals surface area contributed by atoms with Gasteiger partial charge in [0.25, 0.3) is 5.56 Å². The number of fused-ring (bicyclic) bond motifs is 1. The van der Waals surface area contributed by atoms with Gasteiger partial charge in [0.05, 0.1) is 22.5 Å². The van der Waals surface area contributed by atoms with Crippen LogP contribution in [0.4, 0.5) is 19.0 Å². The molecule has 31 heavy (non-hydrogen) atoms. The Labute approximate surface area is 177 Å². The average molecular weight is 428 g/mol. The molecule has 2 aromatic heterocycles. The Bertz CT molecular complexity index is 1240. The van der Waals surface area contributed by atoms with Gasteiger partial charge in [0.15, 0.2) is 0 Å². The smallest absolute Gasteiger partial charge is 0.359 e. The van der Waals surface area contributed by atoms with Crippen LogP contribution < -0.4 is 10.9 Å². The fraction of sp³-hybridized carbons (Fsp3) is 0.348. The van der Waals surface area contributed by atoms with Gasteiger partial charge in [-0.25, -0.2) is 9.97 Å². The van der Waals surface area contributed by atoms with Crippen molar-refractivity contribution < 1.29 is 13.2 Å². The van der Waals surface area contributed by atoms with E-state index >= 15 is 0 Å². The van der Waals surface area contributed by atoms with E-state index in [0.29, 0.717) is 28.1 Å². The highest BCUT2D eigenvalue weighted by Gasteiger charge is 2.40. The summed E-state index contributed by atoms with van der Waals surface area (Å²) in [6.07, 6.45) is 0.661. The average Bonchev–Trinajstić information content (AvgIpc) is 3.43. The Balaban J connectivity index is 1.82. The number of pyridine rings is 1. The zero-order valence-corrected chi connectivity index (χ0v) is 17.5. The number of hydrogen-bond donors (Lipinski definition) is 1. The summed E-state index contributed by atoms with van der Waals surface area (Å²) >= 11 is 0. The molecule has 162 valence electrons. The Kier molecular flexibility index (Phi) is 4.91. The number of halogens is 3. The number of nitrogens with one attached hydrogen (secondary N) is 1. The van der Waals surface area contributed by atoms with Gasteiger partial charge in [0, 0.05) is 17.8 Å². The first-order chi connectivity index (χ1) is 14.5. The van der Waals surface area contributed by atoms with Crippen molar-refractivity contribution in [2.45, 2.75) is 51.4 Å². The molecule has 1 aliphatic rings. The zero-order chi connectivity index (χ0) is 22.6. The minimum absolute atomic E-state index is 0.130. The number of aromatic nitrogens is 3. The fourth-order valence-corrected chi connectivity index (χ4v) is 3.88. The summed E-state index contributed by atoms with van der Waals surface area (Å²) in [4.78, 5) is 21.4. The maximum atomic E-state index is 13.4. The Morgan fingerprint density at radius 1 is 1.26 bits per heavy atom. The van der Waals surface area contributed by atoms with Crippen molar-refractivity contribution in [3.63, 3.8) is 0 Å². The molecule has 1 aliphatic carbocycles. The monoisotopic (exact) mass is 428 g/mol. The number of alkyl halides is 3. The highest BCUT2D eigenvalue weighted by Crippen LogP contribution is 2.42.